The second-order valence-electron chi connectivity index (χ2n) is 3.99. The molecular formula is C13H17ClN2S. The lowest BCUT2D eigenvalue weighted by molar-refractivity contribution is 0.732. The van der Waals surface area contributed by atoms with Crippen molar-refractivity contribution in [2.24, 2.45) is 0 Å². The molecule has 0 N–H and O–H groups in total. The third-order valence-electron chi connectivity index (χ3n) is 2.69. The third-order valence-corrected chi connectivity index (χ3v) is 3.96. The Morgan fingerprint density at radius 1 is 1.29 bits per heavy atom. The second-order valence-corrected chi connectivity index (χ2v) is 5.38. The summed E-state index contributed by atoms with van der Waals surface area (Å²) >= 11 is 7.61. The number of nitrogens with zero attached hydrogens (tertiary/aromatic N) is 2. The molecule has 0 bridgehead atoms. The summed E-state index contributed by atoms with van der Waals surface area (Å²) < 4.78 is 1.25. The van der Waals surface area contributed by atoms with E-state index in [0.717, 1.165) is 23.7 Å². The van der Waals surface area contributed by atoms with E-state index in [2.05, 4.69) is 35.0 Å². The third kappa shape index (κ3) is 3.11. The van der Waals surface area contributed by atoms with Gasteiger partial charge in [-0.05, 0) is 18.6 Å². The highest BCUT2D eigenvalue weighted by Gasteiger charge is 2.10. The predicted molar refractivity (Wildman–Crippen MR) is 77.5 cm³/mol. The first-order valence-corrected chi connectivity index (χ1v) is 7.36. The van der Waals surface area contributed by atoms with E-state index in [0.29, 0.717) is 5.88 Å². The summed E-state index contributed by atoms with van der Waals surface area (Å²) in [6.45, 7) is 4.13. The monoisotopic (exact) mass is 268 g/mol. The van der Waals surface area contributed by atoms with E-state index in [4.69, 9.17) is 11.6 Å². The molecule has 2 rings (SSSR count). The fourth-order valence-corrected chi connectivity index (χ4v) is 2.97. The van der Waals surface area contributed by atoms with Crippen LogP contribution in [0.25, 0.3) is 10.2 Å². The maximum Gasteiger partial charge on any atom is 0.186 e. The molecule has 4 heteroatoms. The van der Waals surface area contributed by atoms with Crippen molar-refractivity contribution in [1.29, 1.82) is 0 Å². The highest BCUT2D eigenvalue weighted by Crippen LogP contribution is 2.28. The molecule has 2 nitrogen and oxygen atoms in total. The van der Waals surface area contributed by atoms with Crippen molar-refractivity contribution in [2.75, 3.05) is 23.9 Å². The lowest BCUT2D eigenvalue weighted by Crippen LogP contribution is -2.26. The van der Waals surface area contributed by atoms with Gasteiger partial charge in [-0.3, -0.25) is 0 Å². The van der Waals surface area contributed by atoms with Gasteiger partial charge in [0.25, 0.3) is 0 Å². The molecule has 1 aromatic carbocycles. The van der Waals surface area contributed by atoms with Gasteiger partial charge >= 0.3 is 0 Å². The van der Waals surface area contributed by atoms with Crippen LogP contribution in [0.1, 0.15) is 19.8 Å². The summed E-state index contributed by atoms with van der Waals surface area (Å²) in [6.07, 6.45) is 2.39. The van der Waals surface area contributed by atoms with Crippen LogP contribution in [0.2, 0.25) is 0 Å². The predicted octanol–water partition coefficient (Wildman–Crippen LogP) is 4.14. The number of hydrogen-bond donors (Lipinski definition) is 0. The van der Waals surface area contributed by atoms with Crippen LogP contribution in [0.5, 0.6) is 0 Å². The number of para-hydroxylation sites is 1. The molecule has 0 amide bonds. The van der Waals surface area contributed by atoms with Crippen molar-refractivity contribution < 1.29 is 0 Å². The Morgan fingerprint density at radius 2 is 2.12 bits per heavy atom. The number of thiazole rings is 1. The zero-order chi connectivity index (χ0) is 12.1. The topological polar surface area (TPSA) is 16.1 Å². The fraction of sp³-hybridized carbons (Fsp3) is 0.462. The summed E-state index contributed by atoms with van der Waals surface area (Å²) in [4.78, 5) is 6.96. The Morgan fingerprint density at radius 3 is 2.82 bits per heavy atom. The minimum atomic E-state index is 0.652. The van der Waals surface area contributed by atoms with Gasteiger partial charge in [-0.2, -0.15) is 0 Å². The van der Waals surface area contributed by atoms with Crippen molar-refractivity contribution in [3.8, 4) is 0 Å². The zero-order valence-corrected chi connectivity index (χ0v) is 11.6. The van der Waals surface area contributed by atoms with Gasteiger partial charge in [0, 0.05) is 19.0 Å². The van der Waals surface area contributed by atoms with Gasteiger partial charge in [-0.1, -0.05) is 36.8 Å². The van der Waals surface area contributed by atoms with Gasteiger partial charge in [-0.15, -0.1) is 11.6 Å². The summed E-state index contributed by atoms with van der Waals surface area (Å²) in [7, 11) is 0. The van der Waals surface area contributed by atoms with Gasteiger partial charge in [0.1, 0.15) is 0 Å². The molecule has 92 valence electrons. The van der Waals surface area contributed by atoms with Crippen molar-refractivity contribution in [3.05, 3.63) is 24.3 Å². The maximum atomic E-state index is 5.86. The van der Waals surface area contributed by atoms with Crippen LogP contribution in [-0.4, -0.2) is 24.0 Å². The highest BCUT2D eigenvalue weighted by molar-refractivity contribution is 7.22. The van der Waals surface area contributed by atoms with E-state index < -0.39 is 0 Å². The first-order chi connectivity index (χ1) is 8.35. The molecule has 0 unspecified atom stereocenters. The van der Waals surface area contributed by atoms with Gasteiger partial charge < -0.3 is 4.90 Å². The molecule has 2 aromatic rings. The van der Waals surface area contributed by atoms with E-state index >= 15 is 0 Å². The number of alkyl halides is 1. The minimum Gasteiger partial charge on any atom is -0.347 e. The largest absolute Gasteiger partial charge is 0.347 e. The van der Waals surface area contributed by atoms with Gasteiger partial charge in [0.15, 0.2) is 5.13 Å². The Labute approximate surface area is 111 Å². The summed E-state index contributed by atoms with van der Waals surface area (Å²) in [6, 6.07) is 8.27. The Hall–Kier alpha value is -0.800. The quantitative estimate of drug-likeness (QED) is 0.732. The van der Waals surface area contributed by atoms with Crippen LogP contribution in [0.15, 0.2) is 24.3 Å². The number of halogens is 1. The van der Waals surface area contributed by atoms with E-state index in [-0.39, 0.29) is 0 Å². The van der Waals surface area contributed by atoms with Gasteiger partial charge in [-0.25, -0.2) is 4.98 Å². The highest BCUT2D eigenvalue weighted by atomic mass is 35.5. The van der Waals surface area contributed by atoms with E-state index in [1.807, 2.05) is 6.07 Å². The first-order valence-electron chi connectivity index (χ1n) is 6.01. The molecule has 0 aliphatic heterocycles. The average Bonchev–Trinajstić information content (AvgIpc) is 2.78. The summed E-state index contributed by atoms with van der Waals surface area (Å²) in [5.74, 6) is 0.652. The molecule has 1 aromatic heterocycles. The van der Waals surface area contributed by atoms with E-state index in [1.54, 1.807) is 11.3 Å². The number of anilines is 1. The molecule has 1 heterocycles. The summed E-state index contributed by atoms with van der Waals surface area (Å²) in [5, 5.41) is 1.10. The smallest absolute Gasteiger partial charge is 0.186 e. The number of hydrogen-bond acceptors (Lipinski definition) is 3. The van der Waals surface area contributed by atoms with Crippen LogP contribution in [0.4, 0.5) is 5.13 Å². The number of unbranched alkanes of at least 4 members (excludes halogenated alkanes) is 1. The van der Waals surface area contributed by atoms with Crippen molar-refractivity contribution in [3.63, 3.8) is 0 Å². The van der Waals surface area contributed by atoms with Crippen LogP contribution in [0.3, 0.4) is 0 Å². The molecular weight excluding hydrogens is 252 g/mol. The Balaban J connectivity index is 2.21. The standard InChI is InChI=1S/C13H17ClN2S/c1-2-3-9-16(10-8-14)13-15-11-6-4-5-7-12(11)17-13/h4-7H,2-3,8-10H2,1H3. The van der Waals surface area contributed by atoms with Crippen LogP contribution in [-0.2, 0) is 0 Å². The van der Waals surface area contributed by atoms with Crippen molar-refractivity contribution >= 4 is 38.3 Å². The van der Waals surface area contributed by atoms with E-state index in [1.165, 1.54) is 17.5 Å². The zero-order valence-electron chi connectivity index (χ0n) is 10.0. The number of benzene rings is 1. The minimum absolute atomic E-state index is 0.652. The molecule has 0 aliphatic carbocycles. The second kappa shape index (κ2) is 6.22. The lowest BCUT2D eigenvalue weighted by Gasteiger charge is -2.19. The first kappa shape index (κ1) is 12.7. The normalized spacial score (nSPS) is 10.9. The molecule has 0 fully saturated rings. The van der Waals surface area contributed by atoms with Crippen molar-refractivity contribution in [2.45, 2.75) is 19.8 Å². The molecule has 0 atom stereocenters. The van der Waals surface area contributed by atoms with Gasteiger partial charge in [0.05, 0.1) is 10.2 Å². The molecule has 0 saturated heterocycles. The fourth-order valence-electron chi connectivity index (χ4n) is 1.75. The number of fused-ring (bicyclic) bond motifs is 1. The molecule has 0 saturated carbocycles. The van der Waals surface area contributed by atoms with Crippen LogP contribution >= 0.6 is 22.9 Å². The maximum absolute atomic E-state index is 5.86. The number of aromatic nitrogens is 1. The lowest BCUT2D eigenvalue weighted by atomic mass is 10.3. The van der Waals surface area contributed by atoms with Crippen LogP contribution < -0.4 is 4.90 Å². The molecule has 0 radical (unpaired) electrons. The van der Waals surface area contributed by atoms with Crippen LogP contribution in [0, 0.1) is 0 Å². The van der Waals surface area contributed by atoms with Gasteiger partial charge in [0.2, 0.25) is 0 Å². The molecule has 0 spiro atoms. The SMILES string of the molecule is CCCCN(CCCl)c1nc2ccccc2s1. The number of rotatable bonds is 6. The molecule has 17 heavy (non-hydrogen) atoms. The summed E-state index contributed by atoms with van der Waals surface area (Å²) in [5.41, 5.74) is 1.09. The molecule has 0 aliphatic rings. The van der Waals surface area contributed by atoms with Crippen molar-refractivity contribution in [1.82, 2.24) is 4.98 Å². The van der Waals surface area contributed by atoms with E-state index in [9.17, 15) is 0 Å². The Kier molecular flexibility index (Phi) is 4.63. The average molecular weight is 269 g/mol. The Bertz CT molecular complexity index is 436.